The van der Waals surface area contributed by atoms with Crippen LogP contribution in [0.5, 0.6) is 11.5 Å². The number of nitrogens with one attached hydrogen (secondary N) is 3. The number of nitrogens with two attached hydrogens (primary N) is 1. The number of H-pyrrole nitrogens is 2. The normalized spacial score (nSPS) is 10.2. The zero-order valence-corrected chi connectivity index (χ0v) is 20.7. The first-order valence-electron chi connectivity index (χ1n) is 9.62. The van der Waals surface area contributed by atoms with E-state index in [0.29, 0.717) is 17.1 Å². The summed E-state index contributed by atoms with van der Waals surface area (Å²) in [6, 6.07) is 17.1. The second kappa shape index (κ2) is 10.6. The van der Waals surface area contributed by atoms with Crippen molar-refractivity contribution in [3.05, 3.63) is 60.2 Å². The molecule has 0 aliphatic heterocycles. The van der Waals surface area contributed by atoms with E-state index in [9.17, 15) is 0 Å². The van der Waals surface area contributed by atoms with Crippen LogP contribution in [0.25, 0.3) is 44.8 Å². The van der Waals surface area contributed by atoms with Gasteiger partial charge in [0.15, 0.2) is 11.5 Å². The zero-order chi connectivity index (χ0) is 21.5. The summed E-state index contributed by atoms with van der Waals surface area (Å²) < 4.78 is 10.7. The Balaban J connectivity index is 0.00000136. The summed E-state index contributed by atoms with van der Waals surface area (Å²) in [6.07, 6.45) is 0. The predicted octanol–water partition coefficient (Wildman–Crippen LogP) is 5.34. The molecule has 3 aromatic carbocycles. The maximum Gasteiger partial charge on any atom is 0.161 e. The minimum Gasteiger partial charge on any atom is -0.493 e. The first-order chi connectivity index (χ1) is 15.1. The van der Waals surface area contributed by atoms with Gasteiger partial charge in [0, 0.05) is 16.7 Å². The van der Waals surface area contributed by atoms with Gasteiger partial charge in [-0.25, -0.2) is 9.97 Å². The molecular formula is C23H23Cl3N6O2. The highest BCUT2D eigenvalue weighted by Crippen LogP contribution is 2.32. The minimum atomic E-state index is 0. The summed E-state index contributed by atoms with van der Waals surface area (Å²) in [5.41, 5.74) is 11.5. The highest BCUT2D eigenvalue weighted by Gasteiger charge is 2.12. The van der Waals surface area contributed by atoms with Gasteiger partial charge in [0.2, 0.25) is 0 Å². The van der Waals surface area contributed by atoms with Crippen molar-refractivity contribution in [2.24, 2.45) is 5.73 Å². The van der Waals surface area contributed by atoms with E-state index in [2.05, 4.69) is 15.0 Å². The number of hydrogen-bond donors (Lipinski definition) is 4. The second-order valence-electron chi connectivity index (χ2n) is 7.12. The van der Waals surface area contributed by atoms with Gasteiger partial charge >= 0.3 is 0 Å². The molecule has 0 saturated carbocycles. The second-order valence-corrected chi connectivity index (χ2v) is 7.12. The number of nitrogens with zero attached hydrogens (tertiary/aromatic N) is 2. The molecule has 2 heterocycles. The van der Waals surface area contributed by atoms with Gasteiger partial charge in [0.1, 0.15) is 17.5 Å². The van der Waals surface area contributed by atoms with Crippen LogP contribution in [-0.4, -0.2) is 40.0 Å². The maximum absolute atomic E-state index is 7.61. The summed E-state index contributed by atoms with van der Waals surface area (Å²) >= 11 is 0. The number of rotatable bonds is 5. The van der Waals surface area contributed by atoms with Crippen molar-refractivity contribution < 1.29 is 9.47 Å². The van der Waals surface area contributed by atoms with E-state index in [4.69, 9.17) is 25.6 Å². The van der Waals surface area contributed by atoms with E-state index in [1.54, 1.807) is 20.3 Å². The lowest BCUT2D eigenvalue weighted by Crippen LogP contribution is -2.10. The lowest BCUT2D eigenvalue weighted by atomic mass is 10.2. The average Bonchev–Trinajstić information content (AvgIpc) is 3.41. The van der Waals surface area contributed by atoms with Crippen LogP contribution in [0.1, 0.15) is 5.56 Å². The third-order valence-corrected chi connectivity index (χ3v) is 5.21. The minimum absolute atomic E-state index is 0. The van der Waals surface area contributed by atoms with Crippen LogP contribution < -0.4 is 15.2 Å². The molecule has 5 N–H and O–H groups in total. The van der Waals surface area contributed by atoms with E-state index < -0.39 is 0 Å². The standard InChI is InChI=1S/C23H20N6O2.3ClH/c1-30-19-8-5-14(11-20(19)31-2)23-27-16-7-4-13(10-18(16)29-23)22-26-15-6-3-12(21(24)25)9-17(15)28-22;;;/h3-11H,1-2H3,(H3,24,25)(H,26,28)(H,27,29);3*1H. The molecule has 0 aliphatic carbocycles. The average molecular weight is 522 g/mol. The number of nitrogen functional groups attached to an aromatic ring is 1. The quantitative estimate of drug-likeness (QED) is 0.183. The van der Waals surface area contributed by atoms with Gasteiger partial charge in [-0.3, -0.25) is 5.41 Å². The van der Waals surface area contributed by atoms with Gasteiger partial charge in [-0.1, -0.05) is 0 Å². The third-order valence-electron chi connectivity index (χ3n) is 5.21. The molecule has 0 amide bonds. The maximum atomic E-state index is 7.61. The number of hydrogen-bond acceptors (Lipinski definition) is 5. The lowest BCUT2D eigenvalue weighted by Gasteiger charge is -2.08. The van der Waals surface area contributed by atoms with Gasteiger partial charge in [-0.15, -0.1) is 37.2 Å². The van der Waals surface area contributed by atoms with Gasteiger partial charge in [-0.05, 0) is 54.6 Å². The molecule has 2 aromatic heterocycles. The molecule has 0 saturated heterocycles. The molecule has 0 fully saturated rings. The van der Waals surface area contributed by atoms with Gasteiger partial charge in [0.05, 0.1) is 36.3 Å². The molecule has 0 atom stereocenters. The number of fused-ring (bicyclic) bond motifs is 2. The third kappa shape index (κ3) is 4.75. The van der Waals surface area contributed by atoms with E-state index in [1.165, 1.54) is 0 Å². The highest BCUT2D eigenvalue weighted by atomic mass is 35.5. The summed E-state index contributed by atoms with van der Waals surface area (Å²) in [5, 5.41) is 7.61. The molecule has 0 radical (unpaired) electrons. The summed E-state index contributed by atoms with van der Waals surface area (Å²) in [4.78, 5) is 16.1. The smallest absolute Gasteiger partial charge is 0.161 e. The Kier molecular flexibility index (Phi) is 8.39. The molecule has 0 spiro atoms. The fourth-order valence-electron chi connectivity index (χ4n) is 3.59. The predicted molar refractivity (Wildman–Crippen MR) is 142 cm³/mol. The van der Waals surface area contributed by atoms with Crippen LogP contribution in [0.3, 0.4) is 0 Å². The van der Waals surface area contributed by atoms with E-state index >= 15 is 0 Å². The Morgan fingerprint density at radius 3 is 1.85 bits per heavy atom. The van der Waals surface area contributed by atoms with Crippen LogP contribution in [0.4, 0.5) is 0 Å². The van der Waals surface area contributed by atoms with Crippen LogP contribution in [0, 0.1) is 5.41 Å². The van der Waals surface area contributed by atoms with Crippen molar-refractivity contribution in [2.45, 2.75) is 0 Å². The van der Waals surface area contributed by atoms with Crippen LogP contribution in [0.2, 0.25) is 0 Å². The zero-order valence-electron chi connectivity index (χ0n) is 18.2. The molecule has 34 heavy (non-hydrogen) atoms. The topological polar surface area (TPSA) is 126 Å². The number of aromatic amines is 2. The van der Waals surface area contributed by atoms with Crippen molar-refractivity contribution in [3.63, 3.8) is 0 Å². The molecule has 178 valence electrons. The largest absolute Gasteiger partial charge is 0.493 e. The Bertz CT molecular complexity index is 1460. The number of aromatic nitrogens is 4. The molecule has 11 heteroatoms. The van der Waals surface area contributed by atoms with Crippen molar-refractivity contribution in [3.8, 4) is 34.3 Å². The molecular weight excluding hydrogens is 499 g/mol. The van der Waals surface area contributed by atoms with Crippen molar-refractivity contribution in [2.75, 3.05) is 14.2 Å². The Hall–Kier alpha value is -3.46. The molecule has 5 rings (SSSR count). The van der Waals surface area contributed by atoms with Gasteiger partial charge < -0.3 is 25.2 Å². The Morgan fingerprint density at radius 2 is 1.26 bits per heavy atom. The van der Waals surface area contributed by atoms with Crippen LogP contribution in [-0.2, 0) is 0 Å². The summed E-state index contributed by atoms with van der Waals surface area (Å²) in [6.45, 7) is 0. The van der Waals surface area contributed by atoms with E-state index in [-0.39, 0.29) is 43.1 Å². The monoisotopic (exact) mass is 520 g/mol. The SMILES string of the molecule is COc1ccc(-c2nc3ccc(-c4nc5ccc(C(=N)N)cc5[nH]4)cc3[nH]2)cc1OC.Cl.Cl.Cl. The van der Waals surface area contributed by atoms with Crippen molar-refractivity contribution in [1.82, 2.24) is 19.9 Å². The molecule has 0 aliphatic rings. The van der Waals surface area contributed by atoms with Crippen LogP contribution in [0.15, 0.2) is 54.6 Å². The molecule has 5 aromatic rings. The fraction of sp³-hybridized carbons (Fsp3) is 0.0870. The molecule has 8 nitrogen and oxygen atoms in total. The summed E-state index contributed by atoms with van der Waals surface area (Å²) in [7, 11) is 3.22. The Labute approximate surface area is 214 Å². The first-order valence-corrected chi connectivity index (χ1v) is 9.62. The van der Waals surface area contributed by atoms with Gasteiger partial charge in [0.25, 0.3) is 0 Å². The van der Waals surface area contributed by atoms with Crippen molar-refractivity contribution >= 4 is 65.1 Å². The van der Waals surface area contributed by atoms with Gasteiger partial charge in [-0.2, -0.15) is 0 Å². The van der Waals surface area contributed by atoms with E-state index in [0.717, 1.165) is 44.8 Å². The number of halogens is 3. The summed E-state index contributed by atoms with van der Waals surface area (Å²) in [5.74, 6) is 2.82. The molecule has 0 bridgehead atoms. The molecule has 0 unspecified atom stereocenters. The number of imidazole rings is 2. The highest BCUT2D eigenvalue weighted by molar-refractivity contribution is 5.98. The first kappa shape index (κ1) is 26.8. The number of benzene rings is 3. The van der Waals surface area contributed by atoms with Crippen molar-refractivity contribution in [1.29, 1.82) is 5.41 Å². The van der Waals surface area contributed by atoms with Crippen LogP contribution >= 0.6 is 37.2 Å². The Morgan fingerprint density at radius 1 is 0.735 bits per heavy atom. The number of ether oxygens (including phenoxy) is 2. The fourth-order valence-corrected chi connectivity index (χ4v) is 3.59. The lowest BCUT2D eigenvalue weighted by molar-refractivity contribution is 0.355. The van der Waals surface area contributed by atoms with E-state index in [1.807, 2.05) is 48.5 Å². The number of amidine groups is 1. The number of methoxy groups -OCH3 is 2.